The Morgan fingerprint density at radius 2 is 1.81 bits per heavy atom. The van der Waals surface area contributed by atoms with Crippen LogP contribution < -0.4 is 14.8 Å². The van der Waals surface area contributed by atoms with E-state index in [1.165, 1.54) is 11.1 Å². The Bertz CT molecular complexity index is 832. The van der Waals surface area contributed by atoms with Crippen LogP contribution in [0.15, 0.2) is 53.9 Å². The smallest absolute Gasteiger partial charge is 0.180 e. The third-order valence-corrected chi connectivity index (χ3v) is 5.24. The van der Waals surface area contributed by atoms with E-state index in [9.17, 15) is 0 Å². The van der Waals surface area contributed by atoms with Gasteiger partial charge in [-0.1, -0.05) is 47.5 Å². The van der Waals surface area contributed by atoms with Gasteiger partial charge >= 0.3 is 0 Å². The van der Waals surface area contributed by atoms with Crippen LogP contribution in [0.4, 0.5) is 0 Å². The molecule has 0 aliphatic carbocycles. The van der Waals surface area contributed by atoms with Gasteiger partial charge in [0.15, 0.2) is 11.5 Å². The summed E-state index contributed by atoms with van der Waals surface area (Å²) in [6, 6.07) is 16.6. The number of thiophene rings is 1. The van der Waals surface area contributed by atoms with E-state index in [1.807, 2.05) is 29.6 Å². The van der Waals surface area contributed by atoms with Gasteiger partial charge in [0.2, 0.25) is 0 Å². The predicted molar refractivity (Wildman–Crippen MR) is 107 cm³/mol. The SMILES string of the molecule is COc1cc(C[NH2+]Cc2ccc(C)cc2)cc(Cl)c1OCc1cccs1. The minimum Gasteiger partial charge on any atom is -0.493 e. The number of halogens is 1. The van der Waals surface area contributed by atoms with Crippen molar-refractivity contribution in [3.63, 3.8) is 0 Å². The Labute approximate surface area is 163 Å². The maximum Gasteiger partial charge on any atom is 0.180 e. The molecule has 3 nitrogen and oxygen atoms in total. The lowest BCUT2D eigenvalue weighted by Crippen LogP contribution is -2.80. The van der Waals surface area contributed by atoms with Crippen LogP contribution in [0, 0.1) is 6.92 Å². The number of hydrogen-bond acceptors (Lipinski definition) is 3. The van der Waals surface area contributed by atoms with E-state index in [2.05, 4.69) is 36.5 Å². The first-order valence-electron chi connectivity index (χ1n) is 8.54. The van der Waals surface area contributed by atoms with E-state index < -0.39 is 0 Å². The van der Waals surface area contributed by atoms with Crippen molar-refractivity contribution in [3.8, 4) is 11.5 Å². The Balaban J connectivity index is 1.62. The minimum absolute atomic E-state index is 0.493. The molecule has 0 bridgehead atoms. The number of benzene rings is 2. The van der Waals surface area contributed by atoms with Crippen molar-refractivity contribution in [2.45, 2.75) is 26.6 Å². The van der Waals surface area contributed by atoms with E-state index >= 15 is 0 Å². The highest BCUT2D eigenvalue weighted by molar-refractivity contribution is 7.09. The van der Waals surface area contributed by atoms with Crippen molar-refractivity contribution in [3.05, 3.63) is 80.5 Å². The van der Waals surface area contributed by atoms with Gasteiger partial charge in [-0.2, -0.15) is 0 Å². The van der Waals surface area contributed by atoms with Crippen molar-refractivity contribution in [2.24, 2.45) is 0 Å². The molecule has 3 rings (SSSR count). The molecule has 0 aliphatic rings. The molecule has 136 valence electrons. The minimum atomic E-state index is 0.493. The lowest BCUT2D eigenvalue weighted by atomic mass is 10.1. The maximum absolute atomic E-state index is 6.45. The first kappa shape index (κ1) is 18.8. The summed E-state index contributed by atoms with van der Waals surface area (Å²) in [6.07, 6.45) is 0. The van der Waals surface area contributed by atoms with Gasteiger partial charge in [-0.3, -0.25) is 0 Å². The third-order valence-electron chi connectivity index (χ3n) is 4.11. The van der Waals surface area contributed by atoms with E-state index in [4.69, 9.17) is 21.1 Å². The zero-order chi connectivity index (χ0) is 18.4. The van der Waals surface area contributed by atoms with Gasteiger partial charge in [0.1, 0.15) is 19.7 Å². The first-order valence-corrected chi connectivity index (χ1v) is 9.80. The standard InChI is InChI=1S/C21H22ClNO2S/c1-15-5-7-16(8-6-15)12-23-13-17-10-19(22)21(20(11-17)24-2)25-14-18-4-3-9-26-18/h3-11,23H,12-14H2,1-2H3/p+1. The quantitative estimate of drug-likeness (QED) is 0.613. The maximum atomic E-state index is 6.45. The molecule has 0 unspecified atom stereocenters. The highest BCUT2D eigenvalue weighted by Gasteiger charge is 2.13. The van der Waals surface area contributed by atoms with E-state index in [-0.39, 0.29) is 0 Å². The van der Waals surface area contributed by atoms with Gasteiger partial charge in [-0.15, -0.1) is 11.3 Å². The summed E-state index contributed by atoms with van der Waals surface area (Å²) in [4.78, 5) is 1.15. The highest BCUT2D eigenvalue weighted by atomic mass is 35.5. The summed E-state index contributed by atoms with van der Waals surface area (Å²) in [5, 5.41) is 4.87. The molecule has 1 aromatic heterocycles. The first-order chi connectivity index (χ1) is 12.7. The number of ether oxygens (including phenoxy) is 2. The van der Waals surface area contributed by atoms with Crippen LogP contribution in [-0.4, -0.2) is 7.11 Å². The van der Waals surface area contributed by atoms with Crippen LogP contribution in [0.5, 0.6) is 11.5 Å². The van der Waals surface area contributed by atoms with Crippen LogP contribution in [0.1, 0.15) is 21.6 Å². The van der Waals surface area contributed by atoms with Gasteiger partial charge in [-0.05, 0) is 30.5 Å². The number of hydrogen-bond donors (Lipinski definition) is 1. The average molecular weight is 389 g/mol. The molecule has 0 radical (unpaired) electrons. The molecule has 0 amide bonds. The molecule has 5 heteroatoms. The lowest BCUT2D eigenvalue weighted by molar-refractivity contribution is -0.686. The monoisotopic (exact) mass is 388 g/mol. The second-order valence-corrected chi connectivity index (χ2v) is 7.60. The molecule has 0 spiro atoms. The summed E-state index contributed by atoms with van der Waals surface area (Å²) in [7, 11) is 1.64. The van der Waals surface area contributed by atoms with Gasteiger partial charge in [-0.25, -0.2) is 0 Å². The van der Waals surface area contributed by atoms with E-state index in [0.29, 0.717) is 23.1 Å². The van der Waals surface area contributed by atoms with Crippen molar-refractivity contribution >= 4 is 22.9 Å². The molecular weight excluding hydrogens is 366 g/mol. The normalized spacial score (nSPS) is 10.7. The number of methoxy groups -OCH3 is 1. The summed E-state index contributed by atoms with van der Waals surface area (Å²) in [5.74, 6) is 1.28. The van der Waals surface area contributed by atoms with Crippen LogP contribution in [0.25, 0.3) is 0 Å². The predicted octanol–water partition coefficient (Wildman–Crippen LogP) is 4.56. The van der Waals surface area contributed by atoms with Crippen molar-refractivity contribution in [1.29, 1.82) is 0 Å². The summed E-state index contributed by atoms with van der Waals surface area (Å²) < 4.78 is 11.4. The zero-order valence-electron chi connectivity index (χ0n) is 15.0. The Kier molecular flexibility index (Phi) is 6.56. The molecule has 3 aromatic rings. The fourth-order valence-electron chi connectivity index (χ4n) is 2.70. The van der Waals surface area contributed by atoms with Crippen LogP contribution in [0.3, 0.4) is 0 Å². The molecule has 0 saturated heterocycles. The fourth-order valence-corrected chi connectivity index (χ4v) is 3.60. The largest absolute Gasteiger partial charge is 0.493 e. The topological polar surface area (TPSA) is 35.1 Å². The number of nitrogens with two attached hydrogens (primary N) is 1. The third kappa shape index (κ3) is 5.01. The second kappa shape index (κ2) is 9.08. The van der Waals surface area contributed by atoms with Crippen LogP contribution in [0.2, 0.25) is 5.02 Å². The number of quaternary nitrogens is 1. The molecule has 0 atom stereocenters. The lowest BCUT2D eigenvalue weighted by Gasteiger charge is -2.13. The van der Waals surface area contributed by atoms with Gasteiger partial charge in [0.05, 0.1) is 12.1 Å². The molecule has 0 aliphatic heterocycles. The Hall–Kier alpha value is -2.01. The van der Waals surface area contributed by atoms with Crippen LogP contribution in [-0.2, 0) is 19.7 Å². The van der Waals surface area contributed by atoms with E-state index in [1.54, 1.807) is 18.4 Å². The molecule has 0 fully saturated rings. The van der Waals surface area contributed by atoms with Gasteiger partial charge in [0, 0.05) is 16.0 Å². The highest BCUT2D eigenvalue weighted by Crippen LogP contribution is 2.37. The molecule has 0 saturated carbocycles. The van der Waals surface area contributed by atoms with E-state index in [0.717, 1.165) is 23.5 Å². The van der Waals surface area contributed by atoms with Crippen molar-refractivity contribution in [2.75, 3.05) is 7.11 Å². The zero-order valence-corrected chi connectivity index (χ0v) is 16.6. The second-order valence-electron chi connectivity index (χ2n) is 6.16. The molecule has 1 heterocycles. The summed E-state index contributed by atoms with van der Waals surface area (Å²) >= 11 is 8.11. The Morgan fingerprint density at radius 1 is 1.04 bits per heavy atom. The average Bonchev–Trinajstić information content (AvgIpc) is 3.15. The molecule has 26 heavy (non-hydrogen) atoms. The van der Waals surface area contributed by atoms with Crippen LogP contribution >= 0.6 is 22.9 Å². The number of aryl methyl sites for hydroxylation is 1. The van der Waals surface area contributed by atoms with Gasteiger partial charge in [0.25, 0.3) is 0 Å². The van der Waals surface area contributed by atoms with Crippen molar-refractivity contribution < 1.29 is 14.8 Å². The molecular formula is C21H23ClNO2S+. The Morgan fingerprint density at radius 3 is 2.50 bits per heavy atom. The number of rotatable bonds is 8. The summed E-state index contributed by atoms with van der Waals surface area (Å²) in [5.41, 5.74) is 3.70. The summed E-state index contributed by atoms with van der Waals surface area (Å²) in [6.45, 7) is 4.35. The molecule has 2 N–H and O–H groups in total. The fraction of sp³-hybridized carbons (Fsp3) is 0.238. The molecule has 2 aromatic carbocycles. The van der Waals surface area contributed by atoms with Crippen molar-refractivity contribution in [1.82, 2.24) is 0 Å². The van der Waals surface area contributed by atoms with Gasteiger partial charge < -0.3 is 14.8 Å².